The molecule has 0 aromatic carbocycles. The van der Waals surface area contributed by atoms with Gasteiger partial charge in [0.25, 0.3) is 0 Å². The number of hydrogen-bond acceptors (Lipinski definition) is 2. The summed E-state index contributed by atoms with van der Waals surface area (Å²) in [5.41, 5.74) is 2.07. The number of rotatable bonds is 2. The lowest BCUT2D eigenvalue weighted by Crippen LogP contribution is -1.94. The van der Waals surface area contributed by atoms with Gasteiger partial charge in [-0.1, -0.05) is 15.9 Å². The van der Waals surface area contributed by atoms with E-state index in [2.05, 4.69) is 20.9 Å². The largest absolute Gasteiger partial charge is 0.495 e. The van der Waals surface area contributed by atoms with Gasteiger partial charge in [-0.05, 0) is 18.6 Å². The van der Waals surface area contributed by atoms with Gasteiger partial charge in [0, 0.05) is 11.5 Å². The number of alkyl halides is 1. The van der Waals surface area contributed by atoms with Crippen LogP contribution in [0.4, 0.5) is 0 Å². The van der Waals surface area contributed by atoms with E-state index in [0.29, 0.717) is 0 Å². The molecule has 0 aliphatic heterocycles. The van der Waals surface area contributed by atoms with Crippen LogP contribution in [0.2, 0.25) is 0 Å². The monoisotopic (exact) mass is 215 g/mol. The fraction of sp³-hybridized carbons (Fsp3) is 0.375. The lowest BCUT2D eigenvalue weighted by atomic mass is 10.2. The molecule has 0 unspecified atom stereocenters. The Kier molecular flexibility index (Phi) is 2.88. The second kappa shape index (κ2) is 3.72. The summed E-state index contributed by atoms with van der Waals surface area (Å²) in [6.45, 7) is 2.01. The van der Waals surface area contributed by atoms with Crippen molar-refractivity contribution in [2.24, 2.45) is 0 Å². The number of aryl methyl sites for hydroxylation is 1. The van der Waals surface area contributed by atoms with Gasteiger partial charge in [0.15, 0.2) is 0 Å². The Bertz CT molecular complexity index is 250. The van der Waals surface area contributed by atoms with Crippen molar-refractivity contribution in [1.82, 2.24) is 4.98 Å². The highest BCUT2D eigenvalue weighted by Crippen LogP contribution is 2.22. The van der Waals surface area contributed by atoms with E-state index < -0.39 is 0 Å². The van der Waals surface area contributed by atoms with E-state index in [0.717, 1.165) is 22.3 Å². The molecule has 2 nitrogen and oxygen atoms in total. The van der Waals surface area contributed by atoms with Crippen molar-refractivity contribution in [3.63, 3.8) is 0 Å². The minimum absolute atomic E-state index is 0.734. The maximum Gasteiger partial charge on any atom is 0.144 e. The quantitative estimate of drug-likeness (QED) is 0.707. The molecular formula is C8H10BrNO. The van der Waals surface area contributed by atoms with E-state index >= 15 is 0 Å². The van der Waals surface area contributed by atoms with Crippen LogP contribution in [0, 0.1) is 6.92 Å². The molecule has 0 saturated carbocycles. The van der Waals surface area contributed by atoms with Crippen molar-refractivity contribution in [1.29, 1.82) is 0 Å². The summed E-state index contributed by atoms with van der Waals surface area (Å²) in [7, 11) is 1.66. The molecule has 0 aliphatic rings. The minimum atomic E-state index is 0.734. The summed E-state index contributed by atoms with van der Waals surface area (Å²) in [4.78, 5) is 4.16. The van der Waals surface area contributed by atoms with Gasteiger partial charge in [0.05, 0.1) is 12.8 Å². The van der Waals surface area contributed by atoms with Crippen LogP contribution >= 0.6 is 15.9 Å². The summed E-state index contributed by atoms with van der Waals surface area (Å²) in [5, 5.41) is 0.734. The molecule has 0 spiro atoms. The topological polar surface area (TPSA) is 22.1 Å². The van der Waals surface area contributed by atoms with Crippen LogP contribution in [0.1, 0.15) is 11.3 Å². The van der Waals surface area contributed by atoms with E-state index in [-0.39, 0.29) is 0 Å². The average Bonchev–Trinajstić information content (AvgIpc) is 2.04. The van der Waals surface area contributed by atoms with Gasteiger partial charge in [0.2, 0.25) is 0 Å². The van der Waals surface area contributed by atoms with E-state index in [4.69, 9.17) is 4.74 Å². The van der Waals surface area contributed by atoms with Crippen LogP contribution < -0.4 is 4.74 Å². The van der Waals surface area contributed by atoms with Crippen molar-refractivity contribution in [3.8, 4) is 5.75 Å². The molecule has 0 bridgehead atoms. The lowest BCUT2D eigenvalue weighted by Gasteiger charge is -2.06. The van der Waals surface area contributed by atoms with Gasteiger partial charge in [-0.2, -0.15) is 0 Å². The Hall–Kier alpha value is -0.570. The third kappa shape index (κ3) is 1.71. The first-order valence-corrected chi connectivity index (χ1v) is 4.46. The van der Waals surface area contributed by atoms with Crippen molar-refractivity contribution < 1.29 is 4.74 Å². The molecule has 60 valence electrons. The summed E-state index contributed by atoms with van der Waals surface area (Å²) in [6.07, 6.45) is 1.79. The molecule has 1 aromatic rings. The highest BCUT2D eigenvalue weighted by molar-refractivity contribution is 9.08. The zero-order valence-electron chi connectivity index (χ0n) is 6.60. The van der Waals surface area contributed by atoms with Crippen LogP contribution in [-0.4, -0.2) is 12.1 Å². The molecule has 0 saturated heterocycles. The summed E-state index contributed by atoms with van der Waals surface area (Å²) in [6, 6.07) is 1.94. The van der Waals surface area contributed by atoms with Gasteiger partial charge < -0.3 is 4.74 Å². The second-order valence-electron chi connectivity index (χ2n) is 2.24. The lowest BCUT2D eigenvalue weighted by molar-refractivity contribution is 0.406. The molecule has 3 heteroatoms. The van der Waals surface area contributed by atoms with Crippen molar-refractivity contribution >= 4 is 15.9 Å². The first-order chi connectivity index (χ1) is 5.29. The standard InChI is InChI=1S/C8H10BrNO/c1-6-3-4-10-7(5-9)8(6)11-2/h3-4H,5H2,1-2H3. The molecule has 0 fully saturated rings. The van der Waals surface area contributed by atoms with E-state index in [1.807, 2.05) is 13.0 Å². The fourth-order valence-electron chi connectivity index (χ4n) is 0.975. The van der Waals surface area contributed by atoms with Gasteiger partial charge in [0.1, 0.15) is 5.75 Å². The Morgan fingerprint density at radius 1 is 1.64 bits per heavy atom. The Labute approximate surface area is 74.7 Å². The molecule has 11 heavy (non-hydrogen) atoms. The van der Waals surface area contributed by atoms with E-state index in [1.54, 1.807) is 13.3 Å². The molecule has 0 amide bonds. The zero-order valence-corrected chi connectivity index (χ0v) is 8.18. The normalized spacial score (nSPS) is 9.73. The predicted molar refractivity (Wildman–Crippen MR) is 48.2 cm³/mol. The molecule has 1 heterocycles. The van der Waals surface area contributed by atoms with Crippen molar-refractivity contribution in [3.05, 3.63) is 23.5 Å². The SMILES string of the molecule is COc1c(C)ccnc1CBr. The van der Waals surface area contributed by atoms with Gasteiger partial charge >= 0.3 is 0 Å². The second-order valence-corrected chi connectivity index (χ2v) is 2.80. The fourth-order valence-corrected chi connectivity index (χ4v) is 1.37. The molecule has 0 aliphatic carbocycles. The van der Waals surface area contributed by atoms with Crippen LogP contribution in [-0.2, 0) is 5.33 Å². The number of halogens is 1. The highest BCUT2D eigenvalue weighted by Gasteiger charge is 2.04. The van der Waals surface area contributed by atoms with Gasteiger partial charge in [-0.3, -0.25) is 4.98 Å². The third-order valence-electron chi connectivity index (χ3n) is 1.51. The highest BCUT2D eigenvalue weighted by atomic mass is 79.9. The van der Waals surface area contributed by atoms with Crippen LogP contribution in [0.5, 0.6) is 5.75 Å². The summed E-state index contributed by atoms with van der Waals surface area (Å²) < 4.78 is 5.17. The number of ether oxygens (including phenoxy) is 1. The maximum atomic E-state index is 5.17. The van der Waals surface area contributed by atoms with Crippen LogP contribution in [0.15, 0.2) is 12.3 Å². The first-order valence-electron chi connectivity index (χ1n) is 3.34. The van der Waals surface area contributed by atoms with Gasteiger partial charge in [-0.15, -0.1) is 0 Å². The third-order valence-corrected chi connectivity index (χ3v) is 2.04. The van der Waals surface area contributed by atoms with E-state index in [1.165, 1.54) is 0 Å². The number of pyridine rings is 1. The average molecular weight is 216 g/mol. The molecule has 1 rings (SSSR count). The minimum Gasteiger partial charge on any atom is -0.495 e. The Morgan fingerprint density at radius 3 is 2.82 bits per heavy atom. The Morgan fingerprint density at radius 2 is 2.36 bits per heavy atom. The number of hydrogen-bond donors (Lipinski definition) is 0. The molecular weight excluding hydrogens is 206 g/mol. The smallest absolute Gasteiger partial charge is 0.144 e. The maximum absolute atomic E-state index is 5.17. The van der Waals surface area contributed by atoms with Crippen LogP contribution in [0.3, 0.4) is 0 Å². The predicted octanol–water partition coefficient (Wildman–Crippen LogP) is 2.29. The summed E-state index contributed by atoms with van der Waals surface area (Å²) >= 11 is 3.34. The van der Waals surface area contributed by atoms with Gasteiger partial charge in [-0.25, -0.2) is 0 Å². The Balaban J connectivity index is 3.13. The molecule has 1 aromatic heterocycles. The first kappa shape index (κ1) is 8.53. The summed E-state index contributed by atoms with van der Waals surface area (Å²) in [5.74, 6) is 0.879. The number of nitrogens with zero attached hydrogens (tertiary/aromatic N) is 1. The van der Waals surface area contributed by atoms with Crippen molar-refractivity contribution in [2.75, 3.05) is 7.11 Å². The number of aromatic nitrogens is 1. The van der Waals surface area contributed by atoms with Crippen LogP contribution in [0.25, 0.3) is 0 Å². The number of methoxy groups -OCH3 is 1. The van der Waals surface area contributed by atoms with E-state index in [9.17, 15) is 0 Å². The molecule has 0 atom stereocenters. The zero-order chi connectivity index (χ0) is 8.27. The molecule has 0 N–H and O–H groups in total. The van der Waals surface area contributed by atoms with Crippen molar-refractivity contribution in [2.45, 2.75) is 12.3 Å². The molecule has 0 radical (unpaired) electrons.